The van der Waals surface area contributed by atoms with Crippen LogP contribution in [0.15, 0.2) is 47.4 Å². The van der Waals surface area contributed by atoms with Gasteiger partial charge in [0.05, 0.1) is 10.6 Å². The monoisotopic (exact) mass is 388 g/mol. The Morgan fingerprint density at radius 2 is 1.70 bits per heavy atom. The zero-order valence-corrected chi connectivity index (χ0v) is 17.3. The number of nitrogens with one attached hydrogen (secondary N) is 1. The van der Waals surface area contributed by atoms with Gasteiger partial charge in [-0.05, 0) is 56.5 Å². The van der Waals surface area contributed by atoms with Gasteiger partial charge in [0, 0.05) is 6.54 Å². The minimum absolute atomic E-state index is 0.176. The summed E-state index contributed by atoms with van der Waals surface area (Å²) in [5.41, 5.74) is 3.32. The molecule has 0 saturated heterocycles. The lowest BCUT2D eigenvalue weighted by molar-refractivity contribution is -0.119. The first kappa shape index (κ1) is 21.0. The summed E-state index contributed by atoms with van der Waals surface area (Å²) in [4.78, 5) is 12.6. The zero-order valence-electron chi connectivity index (χ0n) is 16.5. The maximum Gasteiger partial charge on any atom is 0.264 e. The molecule has 1 N–H and O–H groups in total. The standard InChI is InChI=1S/C21H28N2O3S/c1-5-6-14-22-21(24)15-23(20-9-7-8-17(3)18(20)4)27(25,26)19-12-10-16(2)11-13-19/h7-13H,5-6,14-15H2,1-4H3,(H,22,24). The van der Waals surface area contributed by atoms with Crippen LogP contribution in [0.1, 0.15) is 36.5 Å². The van der Waals surface area contributed by atoms with Gasteiger partial charge in [-0.25, -0.2) is 8.42 Å². The summed E-state index contributed by atoms with van der Waals surface area (Å²) in [6, 6.07) is 12.2. The molecular weight excluding hydrogens is 360 g/mol. The van der Waals surface area contributed by atoms with Crippen molar-refractivity contribution in [3.8, 4) is 0 Å². The van der Waals surface area contributed by atoms with Crippen LogP contribution in [0.4, 0.5) is 5.69 Å². The van der Waals surface area contributed by atoms with Crippen LogP contribution in [0.25, 0.3) is 0 Å². The first-order chi connectivity index (χ1) is 12.8. The fourth-order valence-corrected chi connectivity index (χ4v) is 4.21. The zero-order chi connectivity index (χ0) is 20.0. The maximum absolute atomic E-state index is 13.3. The summed E-state index contributed by atoms with van der Waals surface area (Å²) < 4.78 is 27.8. The molecule has 0 bridgehead atoms. The number of anilines is 1. The van der Waals surface area contributed by atoms with Gasteiger partial charge in [0.15, 0.2) is 0 Å². The molecule has 2 rings (SSSR count). The molecule has 27 heavy (non-hydrogen) atoms. The van der Waals surface area contributed by atoms with E-state index < -0.39 is 10.0 Å². The van der Waals surface area contributed by atoms with Crippen molar-refractivity contribution < 1.29 is 13.2 Å². The second-order valence-electron chi connectivity index (χ2n) is 6.75. The van der Waals surface area contributed by atoms with E-state index in [1.165, 1.54) is 4.31 Å². The van der Waals surface area contributed by atoms with Gasteiger partial charge >= 0.3 is 0 Å². The van der Waals surface area contributed by atoms with Crippen molar-refractivity contribution in [2.24, 2.45) is 0 Å². The van der Waals surface area contributed by atoms with E-state index >= 15 is 0 Å². The van der Waals surface area contributed by atoms with E-state index in [0.717, 1.165) is 29.5 Å². The van der Waals surface area contributed by atoms with E-state index in [4.69, 9.17) is 0 Å². The van der Waals surface area contributed by atoms with Crippen LogP contribution in [0.2, 0.25) is 0 Å². The predicted molar refractivity (Wildman–Crippen MR) is 110 cm³/mol. The third-order valence-electron chi connectivity index (χ3n) is 4.59. The van der Waals surface area contributed by atoms with Gasteiger partial charge in [-0.2, -0.15) is 0 Å². The highest BCUT2D eigenvalue weighted by Gasteiger charge is 2.28. The van der Waals surface area contributed by atoms with Crippen LogP contribution in [-0.4, -0.2) is 27.4 Å². The van der Waals surface area contributed by atoms with E-state index in [-0.39, 0.29) is 17.3 Å². The van der Waals surface area contributed by atoms with E-state index in [1.807, 2.05) is 39.8 Å². The van der Waals surface area contributed by atoms with Gasteiger partial charge < -0.3 is 5.32 Å². The highest BCUT2D eigenvalue weighted by atomic mass is 32.2. The van der Waals surface area contributed by atoms with Crippen molar-refractivity contribution in [2.45, 2.75) is 45.4 Å². The van der Waals surface area contributed by atoms with Crippen LogP contribution in [0.3, 0.4) is 0 Å². The highest BCUT2D eigenvalue weighted by Crippen LogP contribution is 2.28. The Hall–Kier alpha value is -2.34. The van der Waals surface area contributed by atoms with Crippen LogP contribution >= 0.6 is 0 Å². The van der Waals surface area contributed by atoms with E-state index in [2.05, 4.69) is 5.32 Å². The van der Waals surface area contributed by atoms with Gasteiger partial charge in [-0.1, -0.05) is 43.2 Å². The summed E-state index contributed by atoms with van der Waals surface area (Å²) in [5, 5.41) is 2.81. The quantitative estimate of drug-likeness (QED) is 0.701. The fraction of sp³-hybridized carbons (Fsp3) is 0.381. The largest absolute Gasteiger partial charge is 0.355 e. The number of amides is 1. The van der Waals surface area contributed by atoms with E-state index in [9.17, 15) is 13.2 Å². The number of unbranched alkanes of at least 4 members (excludes halogenated alkanes) is 1. The number of carbonyl (C=O) groups is 1. The molecule has 0 aliphatic rings. The second-order valence-corrected chi connectivity index (χ2v) is 8.61. The lowest BCUT2D eigenvalue weighted by Gasteiger charge is -2.26. The molecule has 2 aromatic rings. The number of benzene rings is 2. The molecule has 0 spiro atoms. The molecule has 0 fully saturated rings. The summed E-state index contributed by atoms with van der Waals surface area (Å²) in [5.74, 6) is -0.306. The predicted octanol–water partition coefficient (Wildman–Crippen LogP) is 3.72. The Labute approximate surface area is 162 Å². The van der Waals surface area contributed by atoms with Crippen LogP contribution in [0.5, 0.6) is 0 Å². The second kappa shape index (κ2) is 9.04. The van der Waals surface area contributed by atoms with Gasteiger partial charge in [-0.3, -0.25) is 9.10 Å². The molecule has 0 unspecified atom stereocenters. The number of rotatable bonds is 8. The highest BCUT2D eigenvalue weighted by molar-refractivity contribution is 7.92. The Morgan fingerprint density at radius 3 is 2.33 bits per heavy atom. The Kier molecular flexibility index (Phi) is 7.02. The average Bonchev–Trinajstić information content (AvgIpc) is 2.63. The van der Waals surface area contributed by atoms with Gasteiger partial charge in [0.25, 0.3) is 10.0 Å². The third kappa shape index (κ3) is 5.10. The first-order valence-electron chi connectivity index (χ1n) is 9.19. The number of sulfonamides is 1. The number of carbonyl (C=O) groups excluding carboxylic acids is 1. The lowest BCUT2D eigenvalue weighted by atomic mass is 10.1. The van der Waals surface area contributed by atoms with Gasteiger partial charge in [0.2, 0.25) is 5.91 Å². The Morgan fingerprint density at radius 1 is 1.04 bits per heavy atom. The fourth-order valence-electron chi connectivity index (χ4n) is 2.73. The van der Waals surface area contributed by atoms with Crippen molar-refractivity contribution in [1.29, 1.82) is 0 Å². The number of aryl methyl sites for hydroxylation is 2. The maximum atomic E-state index is 13.3. The molecule has 0 radical (unpaired) electrons. The molecule has 0 aliphatic heterocycles. The van der Waals surface area contributed by atoms with E-state index in [0.29, 0.717) is 12.2 Å². The molecule has 6 heteroatoms. The SMILES string of the molecule is CCCCNC(=O)CN(c1cccc(C)c1C)S(=O)(=O)c1ccc(C)cc1. The van der Waals surface area contributed by atoms with Crippen molar-refractivity contribution in [3.63, 3.8) is 0 Å². The first-order valence-corrected chi connectivity index (χ1v) is 10.6. The molecular formula is C21H28N2O3S. The smallest absolute Gasteiger partial charge is 0.264 e. The van der Waals surface area contributed by atoms with E-state index in [1.54, 1.807) is 30.3 Å². The Balaban J connectivity index is 2.44. The number of hydrogen-bond donors (Lipinski definition) is 1. The molecule has 0 aliphatic carbocycles. The van der Waals surface area contributed by atoms with Crippen molar-refractivity contribution in [3.05, 3.63) is 59.2 Å². The average molecular weight is 389 g/mol. The summed E-state index contributed by atoms with van der Waals surface area (Å²) >= 11 is 0. The molecule has 1 amide bonds. The van der Waals surface area contributed by atoms with Crippen molar-refractivity contribution >= 4 is 21.6 Å². The summed E-state index contributed by atoms with van der Waals surface area (Å²) in [6.45, 7) is 8.04. The normalized spacial score (nSPS) is 11.3. The van der Waals surface area contributed by atoms with Gasteiger partial charge in [0.1, 0.15) is 6.54 Å². The third-order valence-corrected chi connectivity index (χ3v) is 6.37. The minimum Gasteiger partial charge on any atom is -0.355 e. The topological polar surface area (TPSA) is 66.5 Å². The molecule has 0 atom stereocenters. The van der Waals surface area contributed by atoms with Crippen LogP contribution in [-0.2, 0) is 14.8 Å². The Bertz CT molecular complexity index is 890. The molecule has 0 aromatic heterocycles. The molecule has 0 saturated carbocycles. The van der Waals surface area contributed by atoms with Crippen LogP contribution < -0.4 is 9.62 Å². The molecule has 5 nitrogen and oxygen atoms in total. The number of hydrogen-bond acceptors (Lipinski definition) is 3. The number of nitrogens with zero attached hydrogens (tertiary/aromatic N) is 1. The minimum atomic E-state index is -3.86. The molecule has 146 valence electrons. The van der Waals surface area contributed by atoms with Crippen molar-refractivity contribution in [1.82, 2.24) is 5.32 Å². The lowest BCUT2D eigenvalue weighted by Crippen LogP contribution is -2.41. The summed E-state index contributed by atoms with van der Waals surface area (Å²) in [7, 11) is -3.86. The van der Waals surface area contributed by atoms with Gasteiger partial charge in [-0.15, -0.1) is 0 Å². The molecule has 2 aromatic carbocycles. The molecule has 0 heterocycles. The van der Waals surface area contributed by atoms with Crippen molar-refractivity contribution in [2.75, 3.05) is 17.4 Å². The summed E-state index contributed by atoms with van der Waals surface area (Å²) in [6.07, 6.45) is 1.82. The van der Waals surface area contributed by atoms with Crippen LogP contribution in [0, 0.1) is 20.8 Å².